The third kappa shape index (κ3) is 2.20. The number of aliphatic hydroxyl groups excluding tert-OH is 1. The number of hydrogen-bond acceptors (Lipinski definition) is 3. The molecule has 0 radical (unpaired) electrons. The van der Waals surface area contributed by atoms with Crippen LogP contribution in [0.4, 0.5) is 0 Å². The summed E-state index contributed by atoms with van der Waals surface area (Å²) < 4.78 is 5.87. The first kappa shape index (κ1) is 11.4. The molecule has 1 heterocycles. The third-order valence-corrected chi connectivity index (χ3v) is 3.17. The van der Waals surface area contributed by atoms with Gasteiger partial charge in [-0.05, 0) is 43.5 Å². The highest BCUT2D eigenvalue weighted by Gasteiger charge is 2.27. The van der Waals surface area contributed by atoms with Crippen LogP contribution in [-0.2, 0) is 0 Å². The first-order chi connectivity index (χ1) is 7.58. The van der Waals surface area contributed by atoms with Crippen molar-refractivity contribution in [2.24, 2.45) is 0 Å². The number of hydrogen-bond donors (Lipinski definition) is 2. The molecule has 0 aromatic heterocycles. The molecule has 0 saturated carbocycles. The Morgan fingerprint density at radius 2 is 2.00 bits per heavy atom. The third-order valence-electron chi connectivity index (χ3n) is 3.17. The molecule has 1 aliphatic heterocycles. The lowest BCUT2D eigenvalue weighted by Gasteiger charge is -2.19. The van der Waals surface area contributed by atoms with Gasteiger partial charge in [0.25, 0.3) is 0 Å². The van der Waals surface area contributed by atoms with Crippen molar-refractivity contribution in [3.63, 3.8) is 0 Å². The van der Waals surface area contributed by atoms with E-state index in [1.54, 1.807) is 0 Å². The minimum Gasteiger partial charge on any atom is -0.486 e. The zero-order valence-corrected chi connectivity index (χ0v) is 10.1. The lowest BCUT2D eigenvalue weighted by atomic mass is 10.1. The van der Waals surface area contributed by atoms with Gasteiger partial charge in [0.15, 0.2) is 0 Å². The van der Waals surface area contributed by atoms with E-state index in [1.165, 1.54) is 11.1 Å². The molecular formula is C13H19NO2. The maximum Gasteiger partial charge on any atom is 0.138 e. The van der Waals surface area contributed by atoms with Crippen molar-refractivity contribution < 1.29 is 9.84 Å². The molecule has 2 N–H and O–H groups in total. The Balaban J connectivity index is 2.20. The minimum atomic E-state index is -0.403. The SMILES string of the molecule is Cc1cc(C)c(C)c(O[C@@H]2CNC[C@H]2O)c1. The van der Waals surface area contributed by atoms with Crippen LogP contribution in [0.2, 0.25) is 0 Å². The van der Waals surface area contributed by atoms with Gasteiger partial charge < -0.3 is 15.2 Å². The normalized spacial score (nSPS) is 24.8. The molecule has 2 rings (SSSR count). The van der Waals surface area contributed by atoms with Crippen LogP contribution in [0.5, 0.6) is 5.75 Å². The highest BCUT2D eigenvalue weighted by molar-refractivity contribution is 5.42. The molecule has 3 nitrogen and oxygen atoms in total. The summed E-state index contributed by atoms with van der Waals surface area (Å²) in [6, 6.07) is 4.18. The van der Waals surface area contributed by atoms with Crippen LogP contribution in [0.25, 0.3) is 0 Å². The van der Waals surface area contributed by atoms with E-state index in [2.05, 4.69) is 32.2 Å². The molecule has 16 heavy (non-hydrogen) atoms. The first-order valence-electron chi connectivity index (χ1n) is 5.71. The zero-order chi connectivity index (χ0) is 11.7. The van der Waals surface area contributed by atoms with E-state index in [9.17, 15) is 5.11 Å². The van der Waals surface area contributed by atoms with Crippen LogP contribution in [0.15, 0.2) is 12.1 Å². The maximum absolute atomic E-state index is 9.69. The van der Waals surface area contributed by atoms with Gasteiger partial charge in [-0.1, -0.05) is 6.07 Å². The molecule has 0 spiro atoms. The van der Waals surface area contributed by atoms with Crippen molar-refractivity contribution >= 4 is 0 Å². The van der Waals surface area contributed by atoms with Crippen molar-refractivity contribution in [1.82, 2.24) is 5.32 Å². The molecule has 2 atom stereocenters. The largest absolute Gasteiger partial charge is 0.486 e. The van der Waals surface area contributed by atoms with E-state index < -0.39 is 6.10 Å². The van der Waals surface area contributed by atoms with Gasteiger partial charge in [-0.3, -0.25) is 0 Å². The molecule has 0 bridgehead atoms. The van der Waals surface area contributed by atoms with Crippen molar-refractivity contribution in [1.29, 1.82) is 0 Å². The van der Waals surface area contributed by atoms with Gasteiger partial charge in [-0.2, -0.15) is 0 Å². The number of aryl methyl sites for hydroxylation is 2. The predicted molar refractivity (Wildman–Crippen MR) is 63.9 cm³/mol. The first-order valence-corrected chi connectivity index (χ1v) is 5.71. The molecule has 1 saturated heterocycles. The number of β-amino-alcohol motifs (C(OH)–C–C–N with tert-alkyl or cyclic N) is 1. The lowest BCUT2D eigenvalue weighted by Crippen LogP contribution is -2.30. The van der Waals surface area contributed by atoms with Gasteiger partial charge in [0, 0.05) is 13.1 Å². The standard InChI is InChI=1S/C13H19NO2/c1-8-4-9(2)10(3)12(5-8)16-13-7-14-6-11(13)15/h4-5,11,13-15H,6-7H2,1-3H3/t11-,13-/m1/s1. The predicted octanol–water partition coefficient (Wildman–Crippen LogP) is 1.32. The summed E-state index contributed by atoms with van der Waals surface area (Å²) in [6.45, 7) is 7.53. The smallest absolute Gasteiger partial charge is 0.138 e. The quantitative estimate of drug-likeness (QED) is 0.791. The molecule has 0 unspecified atom stereocenters. The van der Waals surface area contributed by atoms with E-state index in [0.29, 0.717) is 13.1 Å². The molecule has 1 aliphatic rings. The van der Waals surface area contributed by atoms with Crippen LogP contribution in [0, 0.1) is 20.8 Å². The van der Waals surface area contributed by atoms with Gasteiger partial charge >= 0.3 is 0 Å². The van der Waals surface area contributed by atoms with Gasteiger partial charge in [-0.15, -0.1) is 0 Å². The molecule has 1 fully saturated rings. The summed E-state index contributed by atoms with van der Waals surface area (Å²) in [5.74, 6) is 0.894. The fourth-order valence-corrected chi connectivity index (χ4v) is 2.05. The minimum absolute atomic E-state index is 0.125. The Labute approximate surface area is 96.4 Å². The second-order valence-electron chi connectivity index (χ2n) is 4.59. The molecule has 1 aromatic carbocycles. The summed E-state index contributed by atoms with van der Waals surface area (Å²) >= 11 is 0. The van der Waals surface area contributed by atoms with Crippen molar-refractivity contribution in [3.8, 4) is 5.75 Å². The average molecular weight is 221 g/mol. The number of ether oxygens (including phenoxy) is 1. The van der Waals surface area contributed by atoms with Crippen LogP contribution in [-0.4, -0.2) is 30.4 Å². The molecule has 1 aromatic rings. The van der Waals surface area contributed by atoms with Gasteiger partial charge in [0.05, 0.1) is 0 Å². The number of nitrogens with one attached hydrogen (secondary N) is 1. The Morgan fingerprint density at radius 3 is 2.62 bits per heavy atom. The monoisotopic (exact) mass is 221 g/mol. The summed E-state index contributed by atoms with van der Waals surface area (Å²) in [5.41, 5.74) is 3.58. The van der Waals surface area contributed by atoms with E-state index >= 15 is 0 Å². The van der Waals surface area contributed by atoms with E-state index in [-0.39, 0.29) is 6.10 Å². The second-order valence-corrected chi connectivity index (χ2v) is 4.59. The molecule has 88 valence electrons. The fraction of sp³-hybridized carbons (Fsp3) is 0.538. The molecule has 0 amide bonds. The second kappa shape index (κ2) is 4.44. The fourth-order valence-electron chi connectivity index (χ4n) is 2.05. The van der Waals surface area contributed by atoms with E-state index in [0.717, 1.165) is 11.3 Å². The van der Waals surface area contributed by atoms with Gasteiger partial charge in [0.2, 0.25) is 0 Å². The Bertz CT molecular complexity index is 390. The summed E-state index contributed by atoms with van der Waals surface area (Å²) in [4.78, 5) is 0. The summed E-state index contributed by atoms with van der Waals surface area (Å²) in [7, 11) is 0. The Kier molecular flexibility index (Phi) is 3.17. The highest BCUT2D eigenvalue weighted by atomic mass is 16.5. The number of rotatable bonds is 2. The van der Waals surface area contributed by atoms with Crippen molar-refractivity contribution in [2.45, 2.75) is 33.0 Å². The van der Waals surface area contributed by atoms with E-state index in [4.69, 9.17) is 4.74 Å². The maximum atomic E-state index is 9.69. The Hall–Kier alpha value is -1.06. The molecule has 3 heteroatoms. The van der Waals surface area contributed by atoms with Crippen LogP contribution >= 0.6 is 0 Å². The molecular weight excluding hydrogens is 202 g/mol. The topological polar surface area (TPSA) is 41.5 Å². The highest BCUT2D eigenvalue weighted by Crippen LogP contribution is 2.25. The zero-order valence-electron chi connectivity index (χ0n) is 10.1. The summed E-state index contributed by atoms with van der Waals surface area (Å²) in [6.07, 6.45) is -0.528. The number of aliphatic hydroxyl groups is 1. The van der Waals surface area contributed by atoms with E-state index in [1.807, 2.05) is 6.07 Å². The van der Waals surface area contributed by atoms with Crippen molar-refractivity contribution in [3.05, 3.63) is 28.8 Å². The van der Waals surface area contributed by atoms with Crippen LogP contribution in [0.1, 0.15) is 16.7 Å². The van der Waals surface area contributed by atoms with Crippen LogP contribution in [0.3, 0.4) is 0 Å². The number of benzene rings is 1. The van der Waals surface area contributed by atoms with Crippen LogP contribution < -0.4 is 10.1 Å². The Morgan fingerprint density at radius 1 is 1.25 bits per heavy atom. The van der Waals surface area contributed by atoms with Gasteiger partial charge in [-0.25, -0.2) is 0 Å². The summed E-state index contributed by atoms with van der Waals surface area (Å²) in [5, 5.41) is 12.8. The molecule has 0 aliphatic carbocycles. The van der Waals surface area contributed by atoms with Crippen molar-refractivity contribution in [2.75, 3.05) is 13.1 Å². The lowest BCUT2D eigenvalue weighted by molar-refractivity contribution is 0.0732. The van der Waals surface area contributed by atoms with Gasteiger partial charge in [0.1, 0.15) is 18.0 Å². The average Bonchev–Trinajstić information content (AvgIpc) is 2.60.